The molecule has 6 nitrogen and oxygen atoms in total. The molecule has 0 fully saturated rings. The summed E-state index contributed by atoms with van der Waals surface area (Å²) in [6.45, 7) is 3.93. The Morgan fingerprint density at radius 3 is 2.27 bits per heavy atom. The number of aromatic nitrogens is 2. The number of hydrogen-bond acceptors (Lipinski definition) is 6. The molecule has 3 rings (SSSR count). The Balaban J connectivity index is 1.53. The first-order chi connectivity index (χ1) is 14.4. The lowest BCUT2D eigenvalue weighted by Gasteiger charge is -2.11. The van der Waals surface area contributed by atoms with E-state index >= 15 is 0 Å². The van der Waals surface area contributed by atoms with Crippen molar-refractivity contribution in [2.75, 3.05) is 19.0 Å². The Hall–Kier alpha value is -3.19. The number of aryl methyl sites for hydroxylation is 2. The number of nitrogens with zero attached hydrogens (tertiary/aromatic N) is 4. The normalized spacial score (nSPS) is 10.9. The van der Waals surface area contributed by atoms with Crippen LogP contribution >= 0.6 is 11.8 Å². The lowest BCUT2D eigenvalue weighted by Crippen LogP contribution is -2.17. The molecule has 0 bridgehead atoms. The first-order valence-electron chi connectivity index (χ1n) is 9.55. The molecular formula is C23H25N5OS. The average molecular weight is 420 g/mol. The zero-order valence-corrected chi connectivity index (χ0v) is 18.4. The number of hydrogen-bond donors (Lipinski definition) is 1. The molecule has 1 aromatic heterocycles. The molecule has 3 aromatic rings. The quantitative estimate of drug-likeness (QED) is 0.269. The van der Waals surface area contributed by atoms with Crippen molar-refractivity contribution in [3.05, 3.63) is 82.7 Å². The van der Waals surface area contributed by atoms with E-state index in [1.54, 1.807) is 30.1 Å². The van der Waals surface area contributed by atoms with Gasteiger partial charge in [-0.1, -0.05) is 36.0 Å². The van der Waals surface area contributed by atoms with Crippen LogP contribution in [0.2, 0.25) is 0 Å². The molecule has 1 N–H and O–H groups in total. The number of rotatable bonds is 7. The predicted molar refractivity (Wildman–Crippen MR) is 123 cm³/mol. The second-order valence-electron chi connectivity index (χ2n) is 7.10. The summed E-state index contributed by atoms with van der Waals surface area (Å²) >= 11 is 1.58. The molecule has 2 aromatic carbocycles. The summed E-state index contributed by atoms with van der Waals surface area (Å²) < 4.78 is 0. The van der Waals surface area contributed by atoms with E-state index in [-0.39, 0.29) is 5.91 Å². The van der Waals surface area contributed by atoms with Gasteiger partial charge in [-0.25, -0.2) is 15.4 Å². The van der Waals surface area contributed by atoms with Crippen LogP contribution in [0.5, 0.6) is 0 Å². The van der Waals surface area contributed by atoms with Crippen LogP contribution in [0.1, 0.15) is 32.9 Å². The first-order valence-corrected chi connectivity index (χ1v) is 10.5. The maximum Gasteiger partial charge on any atom is 0.271 e. The highest BCUT2D eigenvalue weighted by molar-refractivity contribution is 7.98. The van der Waals surface area contributed by atoms with Crippen LogP contribution in [0.4, 0.5) is 5.69 Å². The molecular weight excluding hydrogens is 394 g/mol. The van der Waals surface area contributed by atoms with Crippen LogP contribution in [0, 0.1) is 13.8 Å². The third-order valence-corrected chi connectivity index (χ3v) is 5.25. The van der Waals surface area contributed by atoms with E-state index in [4.69, 9.17) is 0 Å². The molecule has 0 aliphatic heterocycles. The molecule has 0 spiro atoms. The molecule has 0 aliphatic rings. The highest BCUT2D eigenvalue weighted by atomic mass is 32.2. The van der Waals surface area contributed by atoms with Gasteiger partial charge in [-0.3, -0.25) is 4.79 Å². The Labute approximate surface area is 181 Å². The number of thioether (sulfide) groups is 1. The summed E-state index contributed by atoms with van der Waals surface area (Å²) in [5.41, 5.74) is 8.19. The van der Waals surface area contributed by atoms with Crippen LogP contribution in [0.25, 0.3) is 0 Å². The van der Waals surface area contributed by atoms with Crippen LogP contribution < -0.4 is 10.3 Å². The van der Waals surface area contributed by atoms with Crippen molar-refractivity contribution in [2.45, 2.75) is 24.8 Å². The summed E-state index contributed by atoms with van der Waals surface area (Å²) in [7, 11) is 3.98. The Kier molecular flexibility index (Phi) is 7.19. The standard InChI is InChI=1S/C23H25N5OS/c1-16-13-17(2)26-23(25-16)30-15-19-5-9-20(10-6-19)22(29)27-24-14-18-7-11-21(12-8-18)28(3)4/h5-14H,15H2,1-4H3,(H,27,29)/b24-14-. The number of benzene rings is 2. The van der Waals surface area contributed by atoms with Crippen molar-refractivity contribution in [2.24, 2.45) is 5.10 Å². The zero-order chi connectivity index (χ0) is 21.5. The maximum absolute atomic E-state index is 12.3. The van der Waals surface area contributed by atoms with Gasteiger partial charge in [0.1, 0.15) is 0 Å². The maximum atomic E-state index is 12.3. The van der Waals surface area contributed by atoms with Crippen molar-refractivity contribution >= 4 is 29.6 Å². The minimum Gasteiger partial charge on any atom is -0.378 e. The number of carbonyl (C=O) groups excluding carboxylic acids is 1. The third kappa shape index (κ3) is 6.15. The van der Waals surface area contributed by atoms with Gasteiger partial charge in [0, 0.05) is 42.5 Å². The second-order valence-corrected chi connectivity index (χ2v) is 8.05. The predicted octanol–water partition coefficient (Wildman–Crippen LogP) is 4.22. The summed E-state index contributed by atoms with van der Waals surface area (Å²) in [5, 5.41) is 4.81. The lowest BCUT2D eigenvalue weighted by molar-refractivity contribution is 0.0955. The average Bonchev–Trinajstić information content (AvgIpc) is 2.72. The minimum atomic E-state index is -0.243. The monoisotopic (exact) mass is 419 g/mol. The highest BCUT2D eigenvalue weighted by Crippen LogP contribution is 2.20. The van der Waals surface area contributed by atoms with Crippen molar-refractivity contribution in [1.29, 1.82) is 0 Å². The number of anilines is 1. The van der Waals surface area contributed by atoms with Gasteiger partial charge in [-0.15, -0.1) is 0 Å². The van der Waals surface area contributed by atoms with Gasteiger partial charge in [-0.05, 0) is 55.3 Å². The van der Waals surface area contributed by atoms with Crippen LogP contribution in [0.15, 0.2) is 64.9 Å². The number of nitrogens with one attached hydrogen (secondary N) is 1. The van der Waals surface area contributed by atoms with E-state index in [2.05, 4.69) is 20.5 Å². The van der Waals surface area contributed by atoms with E-state index in [0.29, 0.717) is 5.56 Å². The number of carbonyl (C=O) groups is 1. The van der Waals surface area contributed by atoms with Gasteiger partial charge in [0.2, 0.25) is 0 Å². The summed E-state index contributed by atoms with van der Waals surface area (Å²) in [6.07, 6.45) is 1.63. The van der Waals surface area contributed by atoms with Crippen molar-refractivity contribution in [1.82, 2.24) is 15.4 Å². The van der Waals surface area contributed by atoms with E-state index in [1.165, 1.54) is 0 Å². The van der Waals surface area contributed by atoms with Crippen molar-refractivity contribution in [3.63, 3.8) is 0 Å². The van der Waals surface area contributed by atoms with Gasteiger partial charge in [0.05, 0.1) is 6.21 Å². The summed E-state index contributed by atoms with van der Waals surface area (Å²) in [6, 6.07) is 17.4. The van der Waals surface area contributed by atoms with Gasteiger partial charge in [-0.2, -0.15) is 5.10 Å². The molecule has 0 saturated heterocycles. The van der Waals surface area contributed by atoms with Gasteiger partial charge >= 0.3 is 0 Å². The van der Waals surface area contributed by atoms with E-state index in [1.807, 2.05) is 75.3 Å². The molecule has 7 heteroatoms. The molecule has 0 radical (unpaired) electrons. The fourth-order valence-electron chi connectivity index (χ4n) is 2.75. The van der Waals surface area contributed by atoms with E-state index < -0.39 is 0 Å². The molecule has 30 heavy (non-hydrogen) atoms. The Bertz CT molecular complexity index is 1010. The fraction of sp³-hybridized carbons (Fsp3) is 0.217. The zero-order valence-electron chi connectivity index (χ0n) is 17.6. The molecule has 154 valence electrons. The molecule has 1 amide bonds. The smallest absolute Gasteiger partial charge is 0.271 e. The third-order valence-electron chi connectivity index (χ3n) is 4.34. The lowest BCUT2D eigenvalue weighted by atomic mass is 10.1. The summed E-state index contributed by atoms with van der Waals surface area (Å²) in [5.74, 6) is 0.499. The Morgan fingerprint density at radius 1 is 1.03 bits per heavy atom. The van der Waals surface area contributed by atoms with Crippen LogP contribution in [-0.4, -0.2) is 36.2 Å². The van der Waals surface area contributed by atoms with Crippen LogP contribution in [-0.2, 0) is 5.75 Å². The number of hydrazone groups is 1. The van der Waals surface area contributed by atoms with E-state index in [9.17, 15) is 4.79 Å². The van der Waals surface area contributed by atoms with Gasteiger partial charge < -0.3 is 4.90 Å². The summed E-state index contributed by atoms with van der Waals surface area (Å²) in [4.78, 5) is 23.2. The topological polar surface area (TPSA) is 70.5 Å². The largest absolute Gasteiger partial charge is 0.378 e. The first kappa shape index (κ1) is 21.5. The van der Waals surface area contributed by atoms with Gasteiger partial charge in [0.25, 0.3) is 5.91 Å². The molecule has 1 heterocycles. The minimum absolute atomic E-state index is 0.243. The second kappa shape index (κ2) is 10.0. The fourth-order valence-corrected chi connectivity index (χ4v) is 3.65. The molecule has 0 atom stereocenters. The van der Waals surface area contributed by atoms with Gasteiger partial charge in [0.15, 0.2) is 5.16 Å². The van der Waals surface area contributed by atoms with Crippen molar-refractivity contribution < 1.29 is 4.79 Å². The Morgan fingerprint density at radius 2 is 1.67 bits per heavy atom. The SMILES string of the molecule is Cc1cc(C)nc(SCc2ccc(C(=O)N/N=C\c3ccc(N(C)C)cc3)cc2)n1. The molecule has 0 aliphatic carbocycles. The van der Waals surface area contributed by atoms with Crippen LogP contribution in [0.3, 0.4) is 0 Å². The molecule has 0 saturated carbocycles. The van der Waals surface area contributed by atoms with Crippen molar-refractivity contribution in [3.8, 4) is 0 Å². The van der Waals surface area contributed by atoms with E-state index in [0.717, 1.165) is 39.1 Å². The highest BCUT2D eigenvalue weighted by Gasteiger charge is 2.06. The molecule has 0 unspecified atom stereocenters. The number of amides is 1.